The van der Waals surface area contributed by atoms with Crippen LogP contribution in [0.15, 0.2) is 29.5 Å². The maximum atomic E-state index is 13.2. The van der Waals surface area contributed by atoms with Crippen LogP contribution in [0.4, 0.5) is 5.13 Å². The van der Waals surface area contributed by atoms with Crippen molar-refractivity contribution >= 4 is 38.5 Å². The molecule has 1 aliphatic heterocycles. The number of nitrogens with zero attached hydrogens (tertiary/aromatic N) is 2. The van der Waals surface area contributed by atoms with Crippen LogP contribution in [0, 0.1) is 34.5 Å². The number of carbonyl (C=O) groups is 2. The summed E-state index contributed by atoms with van der Waals surface area (Å²) >= 11 is 1.50. The topological polar surface area (TPSA) is 71.5 Å². The Morgan fingerprint density at radius 2 is 2.03 bits per heavy atom. The monoisotopic (exact) mass is 521 g/mol. The van der Waals surface area contributed by atoms with Gasteiger partial charge in [0.05, 0.1) is 17.3 Å². The number of carbonyl (C=O) groups excluding carboxylic acids is 2. The molecule has 6 atom stereocenters. The van der Waals surface area contributed by atoms with E-state index in [1.807, 2.05) is 30.1 Å². The number of fused-ring (bicyclic) bond motifs is 6. The average molecular weight is 522 g/mol. The number of thiazole rings is 1. The number of likely N-dealkylation sites (tertiary alicyclic amines) is 1. The van der Waals surface area contributed by atoms with E-state index in [1.54, 1.807) is 7.11 Å². The summed E-state index contributed by atoms with van der Waals surface area (Å²) in [6.45, 7) is 7.16. The summed E-state index contributed by atoms with van der Waals surface area (Å²) in [5.41, 5.74) is 3.91. The summed E-state index contributed by atoms with van der Waals surface area (Å²) in [5.74, 6) is 3.49. The summed E-state index contributed by atoms with van der Waals surface area (Å²) in [6.07, 6.45) is 8.02. The fourth-order valence-electron chi connectivity index (χ4n) is 9.03. The molecule has 0 unspecified atom stereocenters. The summed E-state index contributed by atoms with van der Waals surface area (Å²) in [5, 5.41) is 3.77. The van der Waals surface area contributed by atoms with Gasteiger partial charge in [0.2, 0.25) is 11.8 Å². The van der Waals surface area contributed by atoms with Crippen molar-refractivity contribution in [3.63, 3.8) is 0 Å². The number of rotatable bonds is 4. The molecule has 3 aliphatic carbocycles. The predicted octanol–water partition coefficient (Wildman–Crippen LogP) is 6.63. The van der Waals surface area contributed by atoms with Crippen LogP contribution in [-0.4, -0.2) is 35.9 Å². The van der Waals surface area contributed by atoms with Crippen molar-refractivity contribution in [1.29, 1.82) is 0 Å². The lowest BCUT2D eigenvalue weighted by atomic mass is 9.48. The van der Waals surface area contributed by atoms with Gasteiger partial charge in [0, 0.05) is 31.0 Å². The second-order valence-corrected chi connectivity index (χ2v) is 13.5. The molecule has 1 aromatic carbocycles. The number of ether oxygens (including phenoxy) is 1. The zero-order chi connectivity index (χ0) is 26.1. The Kier molecular flexibility index (Phi) is 5.94. The first kappa shape index (κ1) is 24.9. The van der Waals surface area contributed by atoms with E-state index in [-0.39, 0.29) is 22.6 Å². The molecule has 0 bridgehead atoms. The molecule has 6 nitrogen and oxygen atoms in total. The van der Waals surface area contributed by atoms with Crippen LogP contribution in [0.25, 0.3) is 10.2 Å². The van der Waals surface area contributed by atoms with Crippen LogP contribution >= 0.6 is 11.3 Å². The van der Waals surface area contributed by atoms with Crippen molar-refractivity contribution in [2.24, 2.45) is 34.5 Å². The first-order valence-electron chi connectivity index (χ1n) is 13.9. The summed E-state index contributed by atoms with van der Waals surface area (Å²) in [7, 11) is 3.64. The van der Waals surface area contributed by atoms with E-state index in [0.29, 0.717) is 41.6 Å². The summed E-state index contributed by atoms with van der Waals surface area (Å²) < 4.78 is 6.34. The van der Waals surface area contributed by atoms with E-state index < -0.39 is 0 Å². The number of allylic oxidation sites excluding steroid dienone is 2. The van der Waals surface area contributed by atoms with Gasteiger partial charge in [-0.1, -0.05) is 30.8 Å². The molecule has 1 saturated heterocycles. The molecule has 0 spiro atoms. The quantitative estimate of drug-likeness (QED) is 0.490. The van der Waals surface area contributed by atoms with Crippen molar-refractivity contribution in [1.82, 2.24) is 9.88 Å². The van der Waals surface area contributed by atoms with Gasteiger partial charge in [-0.25, -0.2) is 4.98 Å². The van der Waals surface area contributed by atoms with Crippen LogP contribution in [-0.2, 0) is 9.59 Å². The van der Waals surface area contributed by atoms with Gasteiger partial charge in [-0.2, -0.15) is 0 Å². The molecule has 198 valence electrons. The second kappa shape index (κ2) is 8.82. The molecule has 3 fully saturated rings. The zero-order valence-corrected chi connectivity index (χ0v) is 23.5. The third kappa shape index (κ3) is 3.83. The minimum absolute atomic E-state index is 0.0846. The fraction of sp³-hybridized carbons (Fsp3) is 0.633. The molecule has 1 aromatic heterocycles. The van der Waals surface area contributed by atoms with Crippen LogP contribution in [0.5, 0.6) is 5.75 Å². The first-order valence-corrected chi connectivity index (χ1v) is 14.7. The summed E-state index contributed by atoms with van der Waals surface area (Å²) in [6, 6.07) is 5.81. The molecule has 1 N–H and O–H groups in total. The predicted molar refractivity (Wildman–Crippen MR) is 147 cm³/mol. The highest BCUT2D eigenvalue weighted by Gasteiger charge is 2.60. The van der Waals surface area contributed by atoms with E-state index in [9.17, 15) is 9.59 Å². The zero-order valence-electron chi connectivity index (χ0n) is 22.7. The van der Waals surface area contributed by atoms with Gasteiger partial charge in [0.25, 0.3) is 0 Å². The van der Waals surface area contributed by atoms with Gasteiger partial charge in [-0.15, -0.1) is 0 Å². The van der Waals surface area contributed by atoms with Gasteiger partial charge in [0.1, 0.15) is 5.75 Å². The van der Waals surface area contributed by atoms with Crippen molar-refractivity contribution in [3.8, 4) is 5.75 Å². The van der Waals surface area contributed by atoms with Crippen molar-refractivity contribution in [3.05, 3.63) is 29.5 Å². The second-order valence-electron chi connectivity index (χ2n) is 12.5. The lowest BCUT2D eigenvalue weighted by Crippen LogP contribution is -2.54. The smallest absolute Gasteiger partial charge is 0.226 e. The van der Waals surface area contributed by atoms with Gasteiger partial charge in [-0.3, -0.25) is 9.59 Å². The molecule has 2 amide bonds. The largest absolute Gasteiger partial charge is 0.497 e. The normalized spacial score (nSPS) is 35.3. The molecular formula is C30H39N3O3S. The number of benzene rings is 1. The number of amides is 2. The Morgan fingerprint density at radius 1 is 1.22 bits per heavy atom. The van der Waals surface area contributed by atoms with Gasteiger partial charge in [0.15, 0.2) is 5.13 Å². The highest BCUT2D eigenvalue weighted by Crippen LogP contribution is 2.67. The lowest BCUT2D eigenvalue weighted by molar-refractivity contribution is -0.136. The Bertz CT molecular complexity index is 1300. The number of nitrogens with one attached hydrogen (secondary N) is 1. The molecular weight excluding hydrogens is 482 g/mol. The third-order valence-electron chi connectivity index (χ3n) is 10.8. The maximum absolute atomic E-state index is 13.2. The van der Waals surface area contributed by atoms with Crippen molar-refractivity contribution < 1.29 is 14.3 Å². The molecule has 6 rings (SSSR count). The van der Waals surface area contributed by atoms with Crippen LogP contribution in [0.2, 0.25) is 0 Å². The molecule has 7 heteroatoms. The number of hydrogen-bond acceptors (Lipinski definition) is 5. The maximum Gasteiger partial charge on any atom is 0.226 e. The molecule has 2 aromatic rings. The molecule has 0 radical (unpaired) electrons. The molecule has 2 saturated carbocycles. The number of hydrogen-bond donors (Lipinski definition) is 1. The van der Waals surface area contributed by atoms with E-state index in [2.05, 4.69) is 31.1 Å². The van der Waals surface area contributed by atoms with Crippen molar-refractivity contribution in [2.75, 3.05) is 19.5 Å². The highest BCUT2D eigenvalue weighted by atomic mass is 32.1. The van der Waals surface area contributed by atoms with Gasteiger partial charge >= 0.3 is 0 Å². The molecule has 37 heavy (non-hydrogen) atoms. The molecule has 2 heterocycles. The third-order valence-corrected chi connectivity index (χ3v) is 11.7. The average Bonchev–Trinajstić information content (AvgIpc) is 3.41. The van der Waals surface area contributed by atoms with Crippen LogP contribution in [0.1, 0.15) is 72.1 Å². The van der Waals surface area contributed by atoms with Crippen LogP contribution in [0.3, 0.4) is 0 Å². The van der Waals surface area contributed by atoms with Crippen LogP contribution < -0.4 is 10.1 Å². The Labute approximate surface area is 223 Å². The molecule has 4 aliphatic rings. The number of aromatic nitrogens is 1. The van der Waals surface area contributed by atoms with Gasteiger partial charge < -0.3 is 15.0 Å². The number of methoxy groups -OCH3 is 1. The highest BCUT2D eigenvalue weighted by molar-refractivity contribution is 7.22. The van der Waals surface area contributed by atoms with E-state index in [0.717, 1.165) is 35.2 Å². The number of anilines is 1. The summed E-state index contributed by atoms with van der Waals surface area (Å²) in [4.78, 5) is 32.3. The number of piperidine rings is 1. The fourth-order valence-corrected chi connectivity index (χ4v) is 9.94. The minimum atomic E-state index is 0.0846. The van der Waals surface area contributed by atoms with Gasteiger partial charge in [-0.05, 0) is 92.7 Å². The van der Waals surface area contributed by atoms with E-state index in [1.165, 1.54) is 41.9 Å². The SMILES string of the molecule is COc1ccc2nc(NC(=O)C[C@H]3CC[C@H]4[C@@H]5CC(C)=C6N(C)C(=O)CC[C@]6(C)[C@H]5CC[C@]34C)sc2c1. The standard InChI is InChI=1S/C30H39N3O3S/c1-17-14-20-21-8-6-18(15-25(34)32-28-31-23-9-7-19(36-5)16-24(23)37-28)29(21,2)12-10-22(20)30(3)13-11-26(35)33(4)27(17)30/h7,9,16,18,20-22H,6,8,10-15H2,1-5H3,(H,31,32,34)/t18-,20+,21+,22+,29-,30-/m1/s1. The minimum Gasteiger partial charge on any atom is -0.497 e. The Morgan fingerprint density at radius 3 is 2.81 bits per heavy atom. The Hall–Kier alpha value is -2.41. The Balaban J connectivity index is 1.18. The van der Waals surface area contributed by atoms with E-state index >= 15 is 0 Å². The van der Waals surface area contributed by atoms with Crippen molar-refractivity contribution in [2.45, 2.75) is 72.1 Å². The van der Waals surface area contributed by atoms with E-state index in [4.69, 9.17) is 4.74 Å². The lowest BCUT2D eigenvalue weighted by Gasteiger charge is -2.59. The first-order chi connectivity index (χ1) is 17.6.